The molecule has 2 spiro atoms. The summed E-state index contributed by atoms with van der Waals surface area (Å²) in [4.78, 5) is 27.1. The normalized spacial score (nSPS) is 41.3. The first-order chi connectivity index (χ1) is 20.2. The summed E-state index contributed by atoms with van der Waals surface area (Å²) in [6.45, 7) is 6.37. The predicted octanol–water partition coefficient (Wildman–Crippen LogP) is 4.61. The number of rotatable bonds is 5. The highest BCUT2D eigenvalue weighted by atomic mass is 16.7. The van der Waals surface area contributed by atoms with E-state index >= 15 is 0 Å². The van der Waals surface area contributed by atoms with Crippen LogP contribution in [0, 0.1) is 11.3 Å². The lowest BCUT2D eigenvalue weighted by Crippen LogP contribution is -2.68. The topological polar surface area (TPSA) is 114 Å². The molecule has 1 N–H and O–H groups in total. The second-order valence-corrected chi connectivity index (χ2v) is 13.4. The molecule has 3 aromatic rings. The van der Waals surface area contributed by atoms with Crippen molar-refractivity contribution in [3.05, 3.63) is 88.7 Å². The number of ketones is 1. The van der Waals surface area contributed by atoms with Crippen molar-refractivity contribution in [1.29, 1.82) is 0 Å². The second-order valence-electron chi connectivity index (χ2n) is 13.4. The summed E-state index contributed by atoms with van der Waals surface area (Å²) in [5.41, 5.74) is -0.254. The third-order valence-electron chi connectivity index (χ3n) is 11.5. The Hall–Kier alpha value is -3.30. The number of ether oxygens (including phenoxy) is 4. The fraction of sp³-hybridized carbons (Fsp3) is 0.471. The van der Waals surface area contributed by atoms with Crippen LogP contribution in [0.5, 0.6) is 5.95 Å². The summed E-state index contributed by atoms with van der Waals surface area (Å²) in [6.07, 6.45) is 0.415. The molecule has 42 heavy (non-hydrogen) atoms. The molecule has 4 heterocycles. The molecular weight excluding hydrogens is 536 g/mol. The van der Waals surface area contributed by atoms with Gasteiger partial charge in [-0.25, -0.2) is 4.79 Å². The molecule has 0 bridgehead atoms. The van der Waals surface area contributed by atoms with E-state index < -0.39 is 34.3 Å². The molecule has 3 aliphatic heterocycles. The van der Waals surface area contributed by atoms with Gasteiger partial charge in [0.1, 0.15) is 29.5 Å². The lowest BCUT2D eigenvalue weighted by molar-refractivity contribution is -0.0921. The number of epoxide rings is 3. The molecule has 216 valence electrons. The fourth-order valence-corrected chi connectivity index (χ4v) is 9.34. The number of benzene rings is 2. The molecule has 3 aliphatic carbocycles. The number of esters is 1. The van der Waals surface area contributed by atoms with E-state index in [0.29, 0.717) is 30.4 Å². The predicted molar refractivity (Wildman–Crippen MR) is 147 cm³/mol. The van der Waals surface area contributed by atoms with Crippen molar-refractivity contribution in [2.75, 3.05) is 0 Å². The van der Waals surface area contributed by atoms with E-state index in [1.165, 1.54) is 0 Å². The molecule has 5 fully saturated rings. The Labute approximate surface area is 242 Å². The first-order valence-electron chi connectivity index (χ1n) is 14.9. The zero-order chi connectivity index (χ0) is 28.8. The average molecular weight is 569 g/mol. The molecule has 9 atom stereocenters. The van der Waals surface area contributed by atoms with Crippen molar-refractivity contribution >= 4 is 11.8 Å². The largest absolute Gasteiger partial charge is 0.421 e. The minimum Gasteiger partial charge on any atom is -0.421 e. The van der Waals surface area contributed by atoms with Crippen molar-refractivity contribution in [3.8, 4) is 5.95 Å². The van der Waals surface area contributed by atoms with Gasteiger partial charge in [0.25, 0.3) is 5.95 Å². The molecule has 6 aliphatic rings. The first kappa shape index (κ1) is 25.2. The Bertz CT molecular complexity index is 1660. The van der Waals surface area contributed by atoms with Crippen molar-refractivity contribution in [3.63, 3.8) is 0 Å². The van der Waals surface area contributed by atoms with Crippen LogP contribution in [0.2, 0.25) is 0 Å². The number of aliphatic hydroxyl groups is 1. The average Bonchev–Trinajstić information content (AvgIpc) is 3.91. The van der Waals surface area contributed by atoms with Gasteiger partial charge in [0, 0.05) is 22.1 Å². The van der Waals surface area contributed by atoms with Gasteiger partial charge in [-0.1, -0.05) is 69.3 Å². The highest BCUT2D eigenvalue weighted by molar-refractivity contribution is 6.08. The van der Waals surface area contributed by atoms with Crippen LogP contribution in [0.4, 0.5) is 0 Å². The van der Waals surface area contributed by atoms with Crippen LogP contribution in [0.3, 0.4) is 0 Å². The lowest BCUT2D eigenvalue weighted by Gasteiger charge is -2.53. The molecule has 2 saturated carbocycles. The number of hydrogen-bond donors (Lipinski definition) is 1. The van der Waals surface area contributed by atoms with Crippen LogP contribution in [-0.4, -0.2) is 58.1 Å². The fourth-order valence-electron chi connectivity index (χ4n) is 9.34. The van der Waals surface area contributed by atoms with Crippen LogP contribution in [0.15, 0.2) is 65.1 Å². The van der Waals surface area contributed by atoms with Crippen LogP contribution in [0.25, 0.3) is 0 Å². The summed E-state index contributed by atoms with van der Waals surface area (Å²) in [5, 5.41) is 11.9. The molecule has 0 amide bonds. The van der Waals surface area contributed by atoms with Gasteiger partial charge >= 0.3 is 5.97 Å². The zero-order valence-corrected chi connectivity index (χ0v) is 23.7. The summed E-state index contributed by atoms with van der Waals surface area (Å²) < 4.78 is 31.6. The molecule has 3 saturated heterocycles. The maximum Gasteiger partial charge on any atom is 0.345 e. The molecule has 8 nitrogen and oxygen atoms in total. The number of aliphatic hydroxyl groups excluding tert-OH is 1. The second kappa shape index (κ2) is 7.80. The van der Waals surface area contributed by atoms with Gasteiger partial charge in [-0.3, -0.25) is 4.79 Å². The SMILES string of the molecule is CC(C)[C@]12O[C@H]1[C@@H]1O[C@]13[C@]1(O[C@H]1C[C@H]1c4c(C(=O)c5ccccc5)oc(OC(=O)c5ccccc5)c4CC[C@@]13C)[C@@H]2O. The molecule has 8 heteroatoms. The van der Waals surface area contributed by atoms with Gasteiger partial charge in [-0.2, -0.15) is 0 Å². The van der Waals surface area contributed by atoms with Crippen molar-refractivity contribution < 1.29 is 38.1 Å². The van der Waals surface area contributed by atoms with Crippen molar-refractivity contribution in [1.82, 2.24) is 0 Å². The van der Waals surface area contributed by atoms with E-state index in [-0.39, 0.29) is 47.6 Å². The minimum atomic E-state index is -0.826. The third kappa shape index (κ3) is 2.70. The Balaban J connectivity index is 1.16. The summed E-state index contributed by atoms with van der Waals surface area (Å²) >= 11 is 0. The van der Waals surface area contributed by atoms with Crippen LogP contribution in [0.1, 0.15) is 77.1 Å². The Morgan fingerprint density at radius 3 is 2.33 bits per heavy atom. The van der Waals surface area contributed by atoms with E-state index in [0.717, 1.165) is 11.1 Å². The molecule has 0 unspecified atom stereocenters. The van der Waals surface area contributed by atoms with Gasteiger partial charge < -0.3 is 28.5 Å². The minimum absolute atomic E-state index is 0.0764. The summed E-state index contributed by atoms with van der Waals surface area (Å²) in [7, 11) is 0. The molecule has 2 aromatic carbocycles. The molecular formula is C34H32O8. The third-order valence-corrected chi connectivity index (χ3v) is 11.5. The lowest BCUT2D eigenvalue weighted by atomic mass is 9.46. The van der Waals surface area contributed by atoms with E-state index in [1.54, 1.807) is 36.4 Å². The standard InChI is InChI=1S/C34H32O8/c1-17(2)32-26(41-32)27-34(42-27)31(3)15-14-20-23(21(31)16-22-33(34,40-22)30(32)37)25(24(35)18-10-6-4-7-11-18)38-29(20)39-28(36)19-12-8-5-9-13-19/h4-13,17,21-22,26-27,30,37H,14-16H2,1-3H3/t21-,22-,26-,27-,30+,31-,32-,33+,34+/m0/s1. The van der Waals surface area contributed by atoms with Crippen LogP contribution < -0.4 is 4.74 Å². The number of fused-ring (bicyclic) bond motifs is 5. The Morgan fingerprint density at radius 2 is 1.64 bits per heavy atom. The van der Waals surface area contributed by atoms with Gasteiger partial charge in [0.15, 0.2) is 11.4 Å². The summed E-state index contributed by atoms with van der Waals surface area (Å²) in [5.74, 6) is -0.575. The number of carbonyl (C=O) groups is 2. The monoisotopic (exact) mass is 568 g/mol. The molecule has 1 aromatic heterocycles. The van der Waals surface area contributed by atoms with Gasteiger partial charge in [-0.05, 0) is 43.2 Å². The van der Waals surface area contributed by atoms with Crippen LogP contribution >= 0.6 is 0 Å². The van der Waals surface area contributed by atoms with Gasteiger partial charge in [0.2, 0.25) is 5.78 Å². The number of carbonyl (C=O) groups excluding carboxylic acids is 2. The van der Waals surface area contributed by atoms with E-state index in [4.69, 9.17) is 23.4 Å². The maximum absolute atomic E-state index is 14.0. The van der Waals surface area contributed by atoms with Gasteiger partial charge in [0.05, 0.1) is 11.7 Å². The van der Waals surface area contributed by atoms with Crippen molar-refractivity contribution in [2.24, 2.45) is 11.3 Å². The quantitative estimate of drug-likeness (QED) is 0.270. The highest BCUT2D eigenvalue weighted by Crippen LogP contribution is 2.83. The van der Waals surface area contributed by atoms with Gasteiger partial charge in [-0.15, -0.1) is 0 Å². The number of furan rings is 1. The Morgan fingerprint density at radius 1 is 0.952 bits per heavy atom. The Kier molecular flexibility index (Phi) is 4.68. The van der Waals surface area contributed by atoms with E-state index in [2.05, 4.69) is 20.8 Å². The summed E-state index contributed by atoms with van der Waals surface area (Å²) in [6, 6.07) is 17.8. The maximum atomic E-state index is 14.0. The van der Waals surface area contributed by atoms with E-state index in [1.807, 2.05) is 24.3 Å². The smallest absolute Gasteiger partial charge is 0.345 e. The van der Waals surface area contributed by atoms with E-state index in [9.17, 15) is 14.7 Å². The molecule has 9 rings (SSSR count). The molecule has 0 radical (unpaired) electrons. The zero-order valence-electron chi connectivity index (χ0n) is 23.7. The van der Waals surface area contributed by atoms with Crippen LogP contribution in [-0.2, 0) is 20.6 Å². The first-order valence-corrected chi connectivity index (χ1v) is 14.9. The van der Waals surface area contributed by atoms with Crippen molar-refractivity contribution in [2.45, 2.75) is 87.2 Å². The number of hydrogen-bond acceptors (Lipinski definition) is 8. The highest BCUT2D eigenvalue weighted by Gasteiger charge is 3.00.